The summed E-state index contributed by atoms with van der Waals surface area (Å²) in [5, 5.41) is 2.76. The second-order valence-corrected chi connectivity index (χ2v) is 8.46. The summed E-state index contributed by atoms with van der Waals surface area (Å²) >= 11 is 0. The maximum atomic E-state index is 12.1. The maximum Gasteiger partial charge on any atom is 0.225 e. The van der Waals surface area contributed by atoms with Gasteiger partial charge >= 0.3 is 0 Å². The molecule has 0 unspecified atom stereocenters. The number of benzene rings is 1. The summed E-state index contributed by atoms with van der Waals surface area (Å²) in [6.07, 6.45) is 4.03. The molecule has 9 heteroatoms. The van der Waals surface area contributed by atoms with Crippen molar-refractivity contribution in [2.45, 2.75) is 12.8 Å². The van der Waals surface area contributed by atoms with Gasteiger partial charge in [-0.15, -0.1) is 0 Å². The molecule has 3 heterocycles. The molecule has 1 aromatic carbocycles. The van der Waals surface area contributed by atoms with Crippen LogP contribution in [0.15, 0.2) is 48.9 Å². The van der Waals surface area contributed by atoms with Crippen LogP contribution in [-0.4, -0.2) is 52.0 Å². The van der Waals surface area contributed by atoms with Crippen molar-refractivity contribution in [3.05, 3.63) is 48.9 Å². The summed E-state index contributed by atoms with van der Waals surface area (Å²) in [7, 11) is -3.17. The number of carbonyl (C=O) groups is 1. The summed E-state index contributed by atoms with van der Waals surface area (Å²) in [6, 6.07) is 11.3. The summed E-state index contributed by atoms with van der Waals surface area (Å²) in [5.41, 5.74) is 2.40. The average Bonchev–Trinajstić information content (AvgIpc) is 3.23. The number of nitrogens with one attached hydrogen (secondary N) is 1. The summed E-state index contributed by atoms with van der Waals surface area (Å²) in [5.74, 6) is 0.632. The molecular weight excluding hydrogens is 366 g/mol. The quantitative estimate of drug-likeness (QED) is 0.722. The van der Waals surface area contributed by atoms with E-state index in [1.807, 2.05) is 28.8 Å². The zero-order valence-electron chi connectivity index (χ0n) is 14.6. The number of nitrogens with zero attached hydrogens (tertiary/aromatic N) is 4. The van der Waals surface area contributed by atoms with Crippen molar-refractivity contribution < 1.29 is 13.2 Å². The Labute approximate surface area is 156 Å². The molecule has 1 aliphatic heterocycles. The highest BCUT2D eigenvalue weighted by Crippen LogP contribution is 2.18. The van der Waals surface area contributed by atoms with Crippen LogP contribution in [0.3, 0.4) is 0 Å². The number of para-hydroxylation sites is 2. The molecule has 3 aromatic rings. The molecular formula is C18H19N5O3S. The minimum absolute atomic E-state index is 0.118. The first kappa shape index (κ1) is 17.6. The van der Waals surface area contributed by atoms with E-state index >= 15 is 0 Å². The Bertz CT molecular complexity index is 1080. The molecule has 4 rings (SSSR count). The largest absolute Gasteiger partial charge is 0.325 e. The number of imidazole rings is 1. The van der Waals surface area contributed by atoms with Crippen LogP contribution in [-0.2, 0) is 14.8 Å². The summed E-state index contributed by atoms with van der Waals surface area (Å²) in [6.45, 7) is 0.700. The highest BCUT2D eigenvalue weighted by Gasteiger charge is 2.28. The number of amides is 1. The highest BCUT2D eigenvalue weighted by molar-refractivity contribution is 7.89. The lowest BCUT2D eigenvalue weighted by Crippen LogP contribution is -2.29. The van der Waals surface area contributed by atoms with E-state index in [4.69, 9.17) is 0 Å². The minimum atomic E-state index is -3.17. The normalized spacial score (nSPS) is 16.6. The van der Waals surface area contributed by atoms with Gasteiger partial charge in [0.1, 0.15) is 12.1 Å². The number of rotatable bonds is 5. The van der Waals surface area contributed by atoms with Gasteiger partial charge in [-0.1, -0.05) is 12.1 Å². The van der Waals surface area contributed by atoms with Gasteiger partial charge in [0, 0.05) is 19.5 Å². The van der Waals surface area contributed by atoms with Crippen LogP contribution in [0.2, 0.25) is 0 Å². The lowest BCUT2D eigenvalue weighted by molar-refractivity contribution is -0.116. The zero-order chi connectivity index (χ0) is 18.9. The molecule has 1 saturated heterocycles. The molecule has 8 nitrogen and oxygen atoms in total. The first-order chi connectivity index (χ1) is 13.0. The second kappa shape index (κ2) is 7.09. The molecule has 0 saturated carbocycles. The topological polar surface area (TPSA) is 97.2 Å². The fourth-order valence-electron chi connectivity index (χ4n) is 3.14. The van der Waals surface area contributed by atoms with E-state index < -0.39 is 10.0 Å². The Kier molecular flexibility index (Phi) is 4.63. The van der Waals surface area contributed by atoms with Crippen molar-refractivity contribution in [1.29, 1.82) is 0 Å². The van der Waals surface area contributed by atoms with Crippen LogP contribution in [0.4, 0.5) is 5.69 Å². The number of anilines is 1. The third-order valence-electron chi connectivity index (χ3n) is 4.52. The Balaban J connectivity index is 1.40. The van der Waals surface area contributed by atoms with Gasteiger partial charge in [-0.25, -0.2) is 22.7 Å². The third-order valence-corrected chi connectivity index (χ3v) is 6.48. The molecule has 1 amide bonds. The predicted octanol–water partition coefficient (Wildman–Crippen LogP) is 1.78. The minimum Gasteiger partial charge on any atom is -0.325 e. The lowest BCUT2D eigenvalue weighted by atomic mass is 10.3. The molecule has 1 aliphatic rings. The van der Waals surface area contributed by atoms with Crippen molar-refractivity contribution in [2.75, 3.05) is 24.2 Å². The first-order valence-electron chi connectivity index (χ1n) is 8.69. The molecule has 140 valence electrons. The monoisotopic (exact) mass is 385 g/mol. The average molecular weight is 385 g/mol. The number of aromatic nitrogens is 3. The van der Waals surface area contributed by atoms with E-state index in [0.717, 1.165) is 11.0 Å². The van der Waals surface area contributed by atoms with Crippen LogP contribution < -0.4 is 5.32 Å². The second-order valence-electron chi connectivity index (χ2n) is 6.38. The van der Waals surface area contributed by atoms with Crippen molar-refractivity contribution in [3.63, 3.8) is 0 Å². The molecule has 1 N–H and O–H groups in total. The van der Waals surface area contributed by atoms with Crippen LogP contribution in [0.25, 0.3) is 16.9 Å². The van der Waals surface area contributed by atoms with Gasteiger partial charge in [-0.05, 0) is 30.7 Å². The van der Waals surface area contributed by atoms with Gasteiger partial charge in [0.25, 0.3) is 0 Å². The first-order valence-corrected chi connectivity index (χ1v) is 10.3. The van der Waals surface area contributed by atoms with Gasteiger partial charge in [-0.3, -0.25) is 9.36 Å². The van der Waals surface area contributed by atoms with Crippen LogP contribution in [0, 0.1) is 0 Å². The molecule has 2 aromatic heterocycles. The fourth-order valence-corrected chi connectivity index (χ4v) is 4.67. The molecule has 0 spiro atoms. The number of hydrogen-bond acceptors (Lipinski definition) is 5. The van der Waals surface area contributed by atoms with E-state index in [1.54, 1.807) is 24.7 Å². The van der Waals surface area contributed by atoms with E-state index in [0.29, 0.717) is 24.5 Å². The lowest BCUT2D eigenvalue weighted by Gasteiger charge is -2.13. The van der Waals surface area contributed by atoms with Crippen molar-refractivity contribution >= 4 is 32.7 Å². The van der Waals surface area contributed by atoms with Gasteiger partial charge < -0.3 is 5.32 Å². The number of hydrogen-bond donors (Lipinski definition) is 1. The van der Waals surface area contributed by atoms with E-state index in [1.165, 1.54) is 4.31 Å². The Morgan fingerprint density at radius 2 is 2.00 bits per heavy atom. The summed E-state index contributed by atoms with van der Waals surface area (Å²) < 4.78 is 26.8. The zero-order valence-corrected chi connectivity index (χ0v) is 15.4. The van der Waals surface area contributed by atoms with Crippen LogP contribution >= 0.6 is 0 Å². The highest BCUT2D eigenvalue weighted by atomic mass is 32.2. The van der Waals surface area contributed by atoms with E-state index in [-0.39, 0.29) is 24.6 Å². The summed E-state index contributed by atoms with van der Waals surface area (Å²) in [4.78, 5) is 20.8. The van der Waals surface area contributed by atoms with E-state index in [9.17, 15) is 13.2 Å². The smallest absolute Gasteiger partial charge is 0.225 e. The van der Waals surface area contributed by atoms with Gasteiger partial charge in [0.15, 0.2) is 0 Å². The number of pyridine rings is 1. The maximum absolute atomic E-state index is 12.1. The third kappa shape index (κ3) is 3.69. The Hall–Kier alpha value is -2.78. The van der Waals surface area contributed by atoms with Gasteiger partial charge in [-0.2, -0.15) is 0 Å². The molecule has 27 heavy (non-hydrogen) atoms. The number of sulfonamides is 1. The Morgan fingerprint density at radius 3 is 2.74 bits per heavy atom. The molecule has 0 aliphatic carbocycles. The van der Waals surface area contributed by atoms with E-state index in [2.05, 4.69) is 15.3 Å². The molecule has 0 atom stereocenters. The van der Waals surface area contributed by atoms with Gasteiger partial charge in [0.05, 0.1) is 28.7 Å². The van der Waals surface area contributed by atoms with Gasteiger partial charge in [0.2, 0.25) is 15.9 Å². The van der Waals surface area contributed by atoms with Crippen molar-refractivity contribution in [2.24, 2.45) is 0 Å². The Morgan fingerprint density at radius 1 is 1.15 bits per heavy atom. The standard InChI is InChI=1S/C18H19N5O3S/c24-18(8-10-22-9-3-11-27(22,25)26)21-14-6-7-17(19-12-14)23-13-20-15-4-1-2-5-16(15)23/h1-2,4-7,12-13H,3,8-11H2,(H,21,24). The molecule has 0 radical (unpaired) electrons. The number of carbonyl (C=O) groups excluding carboxylic acids is 1. The SMILES string of the molecule is O=C(CCN1CCCS1(=O)=O)Nc1ccc(-n2cnc3ccccc32)nc1. The molecule has 0 bridgehead atoms. The fraction of sp³-hybridized carbons (Fsp3) is 0.278. The predicted molar refractivity (Wildman–Crippen MR) is 102 cm³/mol. The number of fused-ring (bicyclic) bond motifs is 1. The molecule has 1 fully saturated rings. The van der Waals surface area contributed by atoms with Crippen LogP contribution in [0.5, 0.6) is 0 Å². The van der Waals surface area contributed by atoms with Crippen LogP contribution in [0.1, 0.15) is 12.8 Å². The van der Waals surface area contributed by atoms with Crippen molar-refractivity contribution in [3.8, 4) is 5.82 Å². The van der Waals surface area contributed by atoms with Crippen molar-refractivity contribution in [1.82, 2.24) is 18.8 Å².